The summed E-state index contributed by atoms with van der Waals surface area (Å²) in [6.45, 7) is 4.47. The number of hydrogen-bond acceptors (Lipinski definition) is 2. The van der Waals surface area contributed by atoms with Gasteiger partial charge in [0, 0.05) is 5.69 Å². The summed E-state index contributed by atoms with van der Waals surface area (Å²) in [7, 11) is 0. The molecular formula is C15H20N2. The molecule has 0 aliphatic heterocycles. The van der Waals surface area contributed by atoms with E-state index < -0.39 is 0 Å². The molecule has 0 spiro atoms. The van der Waals surface area contributed by atoms with Crippen molar-refractivity contribution in [2.45, 2.75) is 38.6 Å². The Labute approximate surface area is 104 Å². The van der Waals surface area contributed by atoms with Crippen LogP contribution in [-0.4, -0.2) is 5.54 Å². The number of rotatable bonds is 2. The molecular weight excluding hydrogens is 208 g/mol. The Morgan fingerprint density at radius 2 is 2.00 bits per heavy atom. The van der Waals surface area contributed by atoms with Crippen molar-refractivity contribution in [1.82, 2.24) is 0 Å². The molecule has 1 aromatic rings. The number of nitrogens with zero attached hydrogens (tertiary/aromatic N) is 1. The van der Waals surface area contributed by atoms with Crippen LogP contribution in [0.2, 0.25) is 0 Å². The van der Waals surface area contributed by atoms with Crippen molar-refractivity contribution in [3.63, 3.8) is 0 Å². The smallest absolute Gasteiger partial charge is 0.127 e. The fourth-order valence-corrected chi connectivity index (χ4v) is 2.80. The third-order valence-electron chi connectivity index (χ3n) is 3.97. The summed E-state index contributed by atoms with van der Waals surface area (Å²) in [5, 5.41) is 13.0. The maximum atomic E-state index is 9.55. The Morgan fingerprint density at radius 1 is 1.29 bits per heavy atom. The maximum Gasteiger partial charge on any atom is 0.127 e. The summed E-state index contributed by atoms with van der Waals surface area (Å²) >= 11 is 0. The lowest BCUT2D eigenvalue weighted by Crippen LogP contribution is -2.46. The topological polar surface area (TPSA) is 35.8 Å². The lowest BCUT2D eigenvalue weighted by atomic mass is 9.70. The highest BCUT2D eigenvalue weighted by Crippen LogP contribution is 2.38. The third kappa shape index (κ3) is 2.44. The molecule has 1 aromatic carbocycles. The first-order valence-corrected chi connectivity index (χ1v) is 6.41. The zero-order valence-electron chi connectivity index (χ0n) is 10.6. The van der Waals surface area contributed by atoms with E-state index in [1.54, 1.807) is 0 Å². The standard InChI is InChI=1S/C15H20N2/c1-12-8-9-15(11-16,13(2)10-12)17-14-6-4-3-5-7-14/h3-7,12-13,17H,8-10H2,1-2H3. The summed E-state index contributed by atoms with van der Waals surface area (Å²) in [6.07, 6.45) is 3.21. The first kappa shape index (κ1) is 12.0. The lowest BCUT2D eigenvalue weighted by molar-refractivity contribution is 0.229. The Hall–Kier alpha value is -1.49. The molecule has 17 heavy (non-hydrogen) atoms. The highest BCUT2D eigenvalue weighted by atomic mass is 15.0. The van der Waals surface area contributed by atoms with Crippen LogP contribution in [0.25, 0.3) is 0 Å². The predicted molar refractivity (Wildman–Crippen MR) is 70.6 cm³/mol. The second-order valence-corrected chi connectivity index (χ2v) is 5.35. The average Bonchev–Trinajstić information content (AvgIpc) is 2.34. The van der Waals surface area contributed by atoms with Gasteiger partial charge in [-0.05, 0) is 43.2 Å². The second kappa shape index (κ2) is 4.79. The molecule has 1 fully saturated rings. The minimum absolute atomic E-state index is 0.381. The van der Waals surface area contributed by atoms with E-state index in [4.69, 9.17) is 0 Å². The third-order valence-corrected chi connectivity index (χ3v) is 3.97. The van der Waals surface area contributed by atoms with Crippen LogP contribution in [0.3, 0.4) is 0 Å². The van der Waals surface area contributed by atoms with Gasteiger partial charge in [0.05, 0.1) is 6.07 Å². The SMILES string of the molecule is CC1CCC(C#N)(Nc2ccccc2)C(C)C1. The number of nitrogens with one attached hydrogen (secondary N) is 1. The molecule has 0 amide bonds. The Kier molecular flexibility index (Phi) is 3.38. The molecule has 2 heteroatoms. The van der Waals surface area contributed by atoms with E-state index in [2.05, 4.69) is 25.2 Å². The number of hydrogen-bond donors (Lipinski definition) is 1. The second-order valence-electron chi connectivity index (χ2n) is 5.35. The molecule has 1 aliphatic carbocycles. The minimum atomic E-state index is -0.381. The van der Waals surface area contributed by atoms with Crippen molar-refractivity contribution >= 4 is 5.69 Å². The zero-order chi connectivity index (χ0) is 12.3. The van der Waals surface area contributed by atoms with Gasteiger partial charge in [-0.25, -0.2) is 0 Å². The maximum absolute atomic E-state index is 9.55. The van der Waals surface area contributed by atoms with Gasteiger partial charge in [-0.2, -0.15) is 5.26 Å². The highest BCUT2D eigenvalue weighted by molar-refractivity contribution is 5.48. The molecule has 2 nitrogen and oxygen atoms in total. The molecule has 0 radical (unpaired) electrons. The molecule has 1 aliphatic rings. The van der Waals surface area contributed by atoms with Crippen LogP contribution in [0.1, 0.15) is 33.1 Å². The quantitative estimate of drug-likeness (QED) is 0.835. The van der Waals surface area contributed by atoms with Gasteiger partial charge < -0.3 is 5.32 Å². The van der Waals surface area contributed by atoms with E-state index in [-0.39, 0.29) is 5.54 Å². The largest absolute Gasteiger partial charge is 0.367 e. The average molecular weight is 228 g/mol. The van der Waals surface area contributed by atoms with E-state index in [1.807, 2.05) is 30.3 Å². The minimum Gasteiger partial charge on any atom is -0.367 e. The Morgan fingerprint density at radius 3 is 2.59 bits per heavy atom. The zero-order valence-corrected chi connectivity index (χ0v) is 10.6. The molecule has 0 saturated heterocycles. The normalized spacial score (nSPS) is 32.8. The van der Waals surface area contributed by atoms with Crippen molar-refractivity contribution < 1.29 is 0 Å². The van der Waals surface area contributed by atoms with Gasteiger partial charge in [-0.15, -0.1) is 0 Å². The first-order chi connectivity index (χ1) is 8.16. The summed E-state index contributed by atoms with van der Waals surface area (Å²) in [6, 6.07) is 12.6. The predicted octanol–water partition coefficient (Wildman–Crippen LogP) is 3.82. The van der Waals surface area contributed by atoms with Gasteiger partial charge in [0.1, 0.15) is 5.54 Å². The van der Waals surface area contributed by atoms with Crippen molar-refractivity contribution in [2.75, 3.05) is 5.32 Å². The van der Waals surface area contributed by atoms with Crippen LogP contribution in [0, 0.1) is 23.2 Å². The van der Waals surface area contributed by atoms with Crippen LogP contribution >= 0.6 is 0 Å². The molecule has 0 heterocycles. The van der Waals surface area contributed by atoms with Crippen LogP contribution in [0.4, 0.5) is 5.69 Å². The number of anilines is 1. The molecule has 1 N–H and O–H groups in total. The van der Waals surface area contributed by atoms with E-state index in [0.29, 0.717) is 5.92 Å². The molecule has 90 valence electrons. The Bertz CT molecular complexity index is 407. The van der Waals surface area contributed by atoms with Crippen LogP contribution in [-0.2, 0) is 0 Å². The van der Waals surface area contributed by atoms with Gasteiger partial charge >= 0.3 is 0 Å². The van der Waals surface area contributed by atoms with E-state index >= 15 is 0 Å². The van der Waals surface area contributed by atoms with E-state index in [1.165, 1.54) is 0 Å². The van der Waals surface area contributed by atoms with Crippen LogP contribution in [0.5, 0.6) is 0 Å². The molecule has 3 unspecified atom stereocenters. The van der Waals surface area contributed by atoms with Gasteiger partial charge in [-0.3, -0.25) is 0 Å². The van der Waals surface area contributed by atoms with Gasteiger partial charge in [-0.1, -0.05) is 32.0 Å². The summed E-state index contributed by atoms with van der Waals surface area (Å²) in [4.78, 5) is 0. The van der Waals surface area contributed by atoms with Crippen LogP contribution < -0.4 is 5.32 Å². The fraction of sp³-hybridized carbons (Fsp3) is 0.533. The van der Waals surface area contributed by atoms with Gasteiger partial charge in [0.25, 0.3) is 0 Å². The number of nitriles is 1. The van der Waals surface area contributed by atoms with Crippen molar-refractivity contribution in [3.05, 3.63) is 30.3 Å². The van der Waals surface area contributed by atoms with Crippen molar-refractivity contribution in [1.29, 1.82) is 5.26 Å². The fourth-order valence-electron chi connectivity index (χ4n) is 2.80. The molecule has 1 saturated carbocycles. The molecule has 3 atom stereocenters. The summed E-state index contributed by atoms with van der Waals surface area (Å²) in [5.74, 6) is 1.14. The van der Waals surface area contributed by atoms with Gasteiger partial charge in [0.2, 0.25) is 0 Å². The Balaban J connectivity index is 2.18. The lowest BCUT2D eigenvalue weighted by Gasteiger charge is -2.40. The van der Waals surface area contributed by atoms with E-state index in [0.717, 1.165) is 30.9 Å². The van der Waals surface area contributed by atoms with Crippen LogP contribution in [0.15, 0.2) is 30.3 Å². The monoisotopic (exact) mass is 228 g/mol. The molecule has 0 bridgehead atoms. The van der Waals surface area contributed by atoms with Crippen molar-refractivity contribution in [2.24, 2.45) is 11.8 Å². The first-order valence-electron chi connectivity index (χ1n) is 6.41. The molecule has 0 aromatic heterocycles. The highest BCUT2D eigenvalue weighted by Gasteiger charge is 2.40. The number of benzene rings is 1. The summed E-state index contributed by atoms with van der Waals surface area (Å²) in [5.41, 5.74) is 0.670. The van der Waals surface area contributed by atoms with Gasteiger partial charge in [0.15, 0.2) is 0 Å². The summed E-state index contributed by atoms with van der Waals surface area (Å²) < 4.78 is 0. The molecule has 2 rings (SSSR count). The van der Waals surface area contributed by atoms with Crippen molar-refractivity contribution in [3.8, 4) is 6.07 Å². The number of para-hydroxylation sites is 1. The van der Waals surface area contributed by atoms with E-state index in [9.17, 15) is 5.26 Å².